The van der Waals surface area contributed by atoms with Gasteiger partial charge in [-0.25, -0.2) is 4.79 Å². The minimum atomic E-state index is -0.989. The van der Waals surface area contributed by atoms with Crippen LogP contribution in [-0.2, 0) is 14.1 Å². The van der Waals surface area contributed by atoms with Crippen LogP contribution in [0.5, 0.6) is 5.75 Å². The molecule has 0 aliphatic rings. The quantitative estimate of drug-likeness (QED) is 0.807. The number of nitrogens with zero attached hydrogens (tertiary/aromatic N) is 3. The Balaban J connectivity index is 2.34. The summed E-state index contributed by atoms with van der Waals surface area (Å²) in [6, 6.07) is 7.43. The first-order chi connectivity index (χ1) is 10.5. The van der Waals surface area contributed by atoms with Crippen molar-refractivity contribution in [3.05, 3.63) is 35.7 Å². The third kappa shape index (κ3) is 1.88. The van der Waals surface area contributed by atoms with Gasteiger partial charge < -0.3 is 14.4 Å². The zero-order valence-electron chi connectivity index (χ0n) is 12.9. The van der Waals surface area contributed by atoms with E-state index in [0.29, 0.717) is 5.69 Å². The summed E-state index contributed by atoms with van der Waals surface area (Å²) in [5, 5.41) is 14.6. The maximum atomic E-state index is 11.2. The van der Waals surface area contributed by atoms with E-state index in [-0.39, 0.29) is 5.69 Å². The number of aryl methyl sites for hydroxylation is 2. The van der Waals surface area contributed by atoms with Crippen LogP contribution in [0.2, 0.25) is 0 Å². The van der Waals surface area contributed by atoms with Crippen molar-refractivity contribution in [2.75, 3.05) is 7.11 Å². The van der Waals surface area contributed by atoms with Crippen molar-refractivity contribution in [1.82, 2.24) is 14.3 Å². The second-order valence-corrected chi connectivity index (χ2v) is 5.22. The molecule has 0 aliphatic carbocycles. The highest BCUT2D eigenvalue weighted by molar-refractivity contribution is 6.01. The minimum absolute atomic E-state index is 0.161. The molecule has 0 amide bonds. The Morgan fingerprint density at radius 2 is 2.05 bits per heavy atom. The summed E-state index contributed by atoms with van der Waals surface area (Å²) < 4.78 is 8.86. The summed E-state index contributed by atoms with van der Waals surface area (Å²) in [5.41, 5.74) is 3.72. The lowest BCUT2D eigenvalue weighted by molar-refractivity contribution is 0.0685. The second kappa shape index (κ2) is 4.91. The Hall–Kier alpha value is -2.76. The highest BCUT2D eigenvalue weighted by Crippen LogP contribution is 2.37. The fraction of sp³-hybridized carbons (Fsp3) is 0.250. The molecule has 114 valence electrons. The molecule has 0 unspecified atom stereocenters. The molecule has 22 heavy (non-hydrogen) atoms. The van der Waals surface area contributed by atoms with Gasteiger partial charge in [-0.15, -0.1) is 0 Å². The van der Waals surface area contributed by atoms with Crippen molar-refractivity contribution in [3.8, 4) is 17.0 Å². The zero-order chi connectivity index (χ0) is 16.0. The lowest BCUT2D eigenvalue weighted by Crippen LogP contribution is -2.04. The number of aromatic carboxylic acids is 1. The van der Waals surface area contributed by atoms with E-state index in [9.17, 15) is 9.90 Å². The number of aromatic nitrogens is 3. The van der Waals surface area contributed by atoms with Crippen LogP contribution in [-0.4, -0.2) is 32.5 Å². The van der Waals surface area contributed by atoms with E-state index in [2.05, 4.69) is 5.10 Å². The van der Waals surface area contributed by atoms with E-state index in [0.717, 1.165) is 27.9 Å². The highest BCUT2D eigenvalue weighted by Gasteiger charge is 2.21. The lowest BCUT2D eigenvalue weighted by atomic mass is 10.1. The lowest BCUT2D eigenvalue weighted by Gasteiger charge is -2.04. The Labute approximate surface area is 127 Å². The molecule has 6 nitrogen and oxygen atoms in total. The Kier molecular flexibility index (Phi) is 3.16. The molecule has 2 aromatic heterocycles. The molecule has 0 spiro atoms. The number of hydrogen-bond acceptors (Lipinski definition) is 3. The molecule has 0 aliphatic heterocycles. The molecule has 0 bridgehead atoms. The van der Waals surface area contributed by atoms with Gasteiger partial charge in [0.25, 0.3) is 0 Å². The van der Waals surface area contributed by atoms with Gasteiger partial charge in [0.15, 0.2) is 0 Å². The molecule has 6 heteroatoms. The van der Waals surface area contributed by atoms with Crippen LogP contribution in [0.25, 0.3) is 22.2 Å². The van der Waals surface area contributed by atoms with E-state index in [4.69, 9.17) is 4.74 Å². The zero-order valence-corrected chi connectivity index (χ0v) is 12.9. The number of ether oxygens (including phenoxy) is 1. The van der Waals surface area contributed by atoms with Crippen LogP contribution in [0.4, 0.5) is 0 Å². The first-order valence-corrected chi connectivity index (χ1v) is 6.85. The fourth-order valence-corrected chi connectivity index (χ4v) is 2.88. The van der Waals surface area contributed by atoms with E-state index in [1.54, 1.807) is 20.2 Å². The van der Waals surface area contributed by atoms with E-state index in [1.807, 2.05) is 36.7 Å². The molecule has 0 fully saturated rings. The van der Waals surface area contributed by atoms with Gasteiger partial charge in [-0.3, -0.25) is 4.68 Å². The molecular formula is C16H17N3O3. The van der Waals surface area contributed by atoms with Gasteiger partial charge in [0.2, 0.25) is 0 Å². The molecule has 0 saturated heterocycles. The number of hydrogen-bond donors (Lipinski definition) is 1. The molecule has 1 N–H and O–H groups in total. The van der Waals surface area contributed by atoms with Crippen molar-refractivity contribution in [3.63, 3.8) is 0 Å². The minimum Gasteiger partial charge on any atom is -0.495 e. The first-order valence-electron chi connectivity index (χ1n) is 6.85. The number of fused-ring (bicyclic) bond motifs is 1. The highest BCUT2D eigenvalue weighted by atomic mass is 16.5. The number of benzene rings is 1. The second-order valence-electron chi connectivity index (χ2n) is 5.22. The van der Waals surface area contributed by atoms with Gasteiger partial charge in [0.05, 0.1) is 18.3 Å². The molecule has 0 atom stereocenters. The van der Waals surface area contributed by atoms with Gasteiger partial charge >= 0.3 is 5.97 Å². The molecule has 3 rings (SSSR count). The molecule has 3 aromatic rings. The van der Waals surface area contributed by atoms with Crippen molar-refractivity contribution in [2.24, 2.45) is 14.1 Å². The van der Waals surface area contributed by atoms with Gasteiger partial charge in [0.1, 0.15) is 11.4 Å². The van der Waals surface area contributed by atoms with Crippen LogP contribution < -0.4 is 4.74 Å². The Bertz CT molecular complexity index is 890. The van der Waals surface area contributed by atoms with Gasteiger partial charge in [-0.05, 0) is 19.1 Å². The van der Waals surface area contributed by atoms with Crippen molar-refractivity contribution < 1.29 is 14.6 Å². The molecule has 0 radical (unpaired) electrons. The van der Waals surface area contributed by atoms with Crippen molar-refractivity contribution >= 4 is 16.9 Å². The standard InChI is InChI=1S/C16H17N3O3/c1-9-14(11-8-12(16(20)21)19(3)17-11)10-6-5-7-13(22-4)15(10)18(9)2/h5-8H,1-4H3,(H,20,21). The van der Waals surface area contributed by atoms with Crippen LogP contribution in [0.1, 0.15) is 16.2 Å². The van der Waals surface area contributed by atoms with E-state index in [1.165, 1.54) is 4.68 Å². The summed E-state index contributed by atoms with van der Waals surface area (Å²) in [6.45, 7) is 1.99. The third-order valence-electron chi connectivity index (χ3n) is 4.04. The number of carboxylic acid groups (broad SMARTS) is 1. The predicted molar refractivity (Wildman–Crippen MR) is 83.4 cm³/mol. The number of carbonyl (C=O) groups is 1. The van der Waals surface area contributed by atoms with Crippen LogP contribution in [0.3, 0.4) is 0 Å². The first kappa shape index (κ1) is 14.2. The van der Waals surface area contributed by atoms with Gasteiger partial charge in [-0.2, -0.15) is 5.10 Å². The largest absolute Gasteiger partial charge is 0.495 e. The maximum Gasteiger partial charge on any atom is 0.354 e. The summed E-state index contributed by atoms with van der Waals surface area (Å²) >= 11 is 0. The summed E-state index contributed by atoms with van der Waals surface area (Å²) in [6.07, 6.45) is 0. The van der Waals surface area contributed by atoms with Crippen LogP contribution in [0, 0.1) is 6.92 Å². The monoisotopic (exact) mass is 299 g/mol. The van der Waals surface area contributed by atoms with E-state index >= 15 is 0 Å². The normalized spacial score (nSPS) is 11.1. The Morgan fingerprint density at radius 1 is 1.32 bits per heavy atom. The SMILES string of the molecule is COc1cccc2c(-c3cc(C(=O)O)n(C)n3)c(C)n(C)c12. The molecule has 2 heterocycles. The molecule has 0 saturated carbocycles. The number of para-hydroxylation sites is 1. The number of carboxylic acids is 1. The van der Waals surface area contributed by atoms with Gasteiger partial charge in [0, 0.05) is 30.7 Å². The van der Waals surface area contributed by atoms with Crippen molar-refractivity contribution in [2.45, 2.75) is 6.92 Å². The Morgan fingerprint density at radius 3 is 2.64 bits per heavy atom. The average Bonchev–Trinajstić information content (AvgIpc) is 2.98. The topological polar surface area (TPSA) is 69.3 Å². The number of methoxy groups -OCH3 is 1. The molecular weight excluding hydrogens is 282 g/mol. The maximum absolute atomic E-state index is 11.2. The molecule has 1 aromatic carbocycles. The fourth-order valence-electron chi connectivity index (χ4n) is 2.88. The van der Waals surface area contributed by atoms with Crippen molar-refractivity contribution in [1.29, 1.82) is 0 Å². The number of rotatable bonds is 3. The average molecular weight is 299 g/mol. The summed E-state index contributed by atoms with van der Waals surface area (Å²) in [7, 11) is 5.23. The van der Waals surface area contributed by atoms with Crippen LogP contribution in [0.15, 0.2) is 24.3 Å². The summed E-state index contributed by atoms with van der Waals surface area (Å²) in [4.78, 5) is 11.2. The smallest absolute Gasteiger partial charge is 0.354 e. The van der Waals surface area contributed by atoms with Crippen LogP contribution >= 0.6 is 0 Å². The van der Waals surface area contributed by atoms with E-state index < -0.39 is 5.97 Å². The van der Waals surface area contributed by atoms with Gasteiger partial charge in [-0.1, -0.05) is 12.1 Å². The summed E-state index contributed by atoms with van der Waals surface area (Å²) in [5.74, 6) is -0.208. The predicted octanol–water partition coefficient (Wildman–Crippen LogP) is 2.59. The third-order valence-corrected chi connectivity index (χ3v) is 4.04.